The number of benzene rings is 1. The van der Waals surface area contributed by atoms with Gasteiger partial charge >= 0.3 is 0 Å². The highest BCUT2D eigenvalue weighted by Gasteiger charge is 2.25. The maximum Gasteiger partial charge on any atom is 0.121 e. The molecule has 0 amide bonds. The monoisotopic (exact) mass is 261 g/mol. The molecule has 1 heterocycles. The van der Waals surface area contributed by atoms with E-state index in [0.29, 0.717) is 18.7 Å². The zero-order valence-corrected chi connectivity index (χ0v) is 11.3. The van der Waals surface area contributed by atoms with Crippen molar-refractivity contribution in [2.24, 2.45) is 5.73 Å². The van der Waals surface area contributed by atoms with Gasteiger partial charge in [-0.15, -0.1) is 0 Å². The summed E-state index contributed by atoms with van der Waals surface area (Å²) >= 11 is 0. The molecule has 1 fully saturated rings. The third-order valence-corrected chi connectivity index (χ3v) is 3.35. The Morgan fingerprint density at radius 3 is 3.00 bits per heavy atom. The van der Waals surface area contributed by atoms with Crippen LogP contribution in [0.3, 0.4) is 0 Å². The summed E-state index contributed by atoms with van der Waals surface area (Å²) in [7, 11) is 1.62. The molecule has 5 nitrogen and oxygen atoms in total. The molecule has 2 atom stereocenters. The predicted molar refractivity (Wildman–Crippen MR) is 73.3 cm³/mol. The van der Waals surface area contributed by atoms with E-state index in [0.717, 1.165) is 18.0 Å². The zero-order chi connectivity index (χ0) is 13.8. The topological polar surface area (TPSA) is 71.5 Å². The van der Waals surface area contributed by atoms with Crippen LogP contribution in [0.5, 0.6) is 5.75 Å². The molecule has 5 heteroatoms. The summed E-state index contributed by atoms with van der Waals surface area (Å²) in [5, 5.41) is 9.21. The van der Waals surface area contributed by atoms with Crippen molar-refractivity contribution in [3.05, 3.63) is 23.8 Å². The van der Waals surface area contributed by atoms with Crippen LogP contribution in [-0.4, -0.2) is 39.0 Å². The largest absolute Gasteiger partial charge is 0.497 e. The molecule has 0 saturated carbocycles. The van der Waals surface area contributed by atoms with Crippen LogP contribution >= 0.6 is 0 Å². The number of methoxy groups -OCH3 is 1. The Labute approximate surface area is 113 Å². The number of hydrogen-bond donors (Lipinski definition) is 1. The Bertz CT molecular complexity index is 482. The fourth-order valence-corrected chi connectivity index (χ4v) is 2.21. The third kappa shape index (κ3) is 2.98. The quantitative estimate of drug-likeness (QED) is 0.882. The minimum absolute atomic E-state index is 0.00788. The van der Waals surface area contributed by atoms with Gasteiger partial charge in [-0.3, -0.25) is 0 Å². The first kappa shape index (κ1) is 13.7. The lowest BCUT2D eigenvalue weighted by molar-refractivity contribution is 0.0276. The summed E-state index contributed by atoms with van der Waals surface area (Å²) in [4.78, 5) is 2.14. The summed E-state index contributed by atoms with van der Waals surface area (Å²) in [6, 6.07) is 7.66. The second-order valence-electron chi connectivity index (χ2n) is 4.71. The van der Waals surface area contributed by atoms with Gasteiger partial charge in [0, 0.05) is 25.2 Å². The average Bonchev–Trinajstić information content (AvgIpc) is 2.46. The van der Waals surface area contributed by atoms with E-state index >= 15 is 0 Å². The molecule has 2 N–H and O–H groups in total. The van der Waals surface area contributed by atoms with Gasteiger partial charge in [-0.05, 0) is 19.1 Å². The molecule has 0 spiro atoms. The summed E-state index contributed by atoms with van der Waals surface area (Å²) in [5.41, 5.74) is 7.42. The van der Waals surface area contributed by atoms with Crippen molar-refractivity contribution in [3.63, 3.8) is 0 Å². The van der Waals surface area contributed by atoms with Gasteiger partial charge < -0.3 is 20.1 Å². The van der Waals surface area contributed by atoms with Crippen LogP contribution in [0, 0.1) is 11.3 Å². The lowest BCUT2D eigenvalue weighted by Gasteiger charge is -2.36. The van der Waals surface area contributed by atoms with Crippen molar-refractivity contribution < 1.29 is 9.47 Å². The second kappa shape index (κ2) is 5.91. The number of ether oxygens (including phenoxy) is 2. The van der Waals surface area contributed by atoms with Crippen molar-refractivity contribution in [1.82, 2.24) is 0 Å². The minimum Gasteiger partial charge on any atom is -0.497 e. The van der Waals surface area contributed by atoms with Gasteiger partial charge in [0.2, 0.25) is 0 Å². The van der Waals surface area contributed by atoms with Crippen LogP contribution in [0.15, 0.2) is 18.2 Å². The lowest BCUT2D eigenvalue weighted by Crippen LogP contribution is -2.49. The van der Waals surface area contributed by atoms with E-state index in [4.69, 9.17) is 15.2 Å². The third-order valence-electron chi connectivity index (χ3n) is 3.35. The number of nitriles is 1. The number of nitrogens with two attached hydrogens (primary N) is 1. The first-order valence-corrected chi connectivity index (χ1v) is 6.36. The second-order valence-corrected chi connectivity index (χ2v) is 4.71. The minimum atomic E-state index is -0.0288. The van der Waals surface area contributed by atoms with E-state index in [1.807, 2.05) is 13.0 Å². The Balaban J connectivity index is 2.27. The first-order valence-electron chi connectivity index (χ1n) is 6.36. The fraction of sp³-hybridized carbons (Fsp3) is 0.500. The van der Waals surface area contributed by atoms with Gasteiger partial charge in [0.1, 0.15) is 11.8 Å². The molecular weight excluding hydrogens is 242 g/mol. The number of nitrogens with zero attached hydrogens (tertiary/aromatic N) is 2. The number of anilines is 1. The number of morpholine rings is 1. The molecule has 2 rings (SSSR count). The SMILES string of the molecule is COc1ccc(C#N)c(N2CCOC(C(C)N)C2)c1. The maximum atomic E-state index is 9.21. The summed E-state index contributed by atoms with van der Waals surface area (Å²) in [6.45, 7) is 4.00. The predicted octanol–water partition coefficient (Wildman–Crippen LogP) is 1.12. The molecule has 0 aromatic heterocycles. The van der Waals surface area contributed by atoms with Gasteiger partial charge in [0.25, 0.3) is 0 Å². The number of hydrogen-bond acceptors (Lipinski definition) is 5. The van der Waals surface area contributed by atoms with Crippen molar-refractivity contribution in [1.29, 1.82) is 5.26 Å². The lowest BCUT2D eigenvalue weighted by atomic mass is 10.1. The standard InChI is InChI=1S/C14H19N3O2/c1-10(16)14-9-17(5-6-19-14)13-7-12(18-2)4-3-11(13)8-15/h3-4,7,10,14H,5-6,9,16H2,1-2H3. The van der Waals surface area contributed by atoms with E-state index in [2.05, 4.69) is 11.0 Å². The highest BCUT2D eigenvalue weighted by molar-refractivity contribution is 5.62. The Kier molecular flexibility index (Phi) is 4.25. The molecule has 0 aliphatic carbocycles. The van der Waals surface area contributed by atoms with Crippen LogP contribution in [0.2, 0.25) is 0 Å². The maximum absolute atomic E-state index is 9.21. The van der Waals surface area contributed by atoms with Gasteiger partial charge in [0.15, 0.2) is 0 Å². The van der Waals surface area contributed by atoms with E-state index in [1.54, 1.807) is 19.2 Å². The molecule has 1 aliphatic heterocycles. The van der Waals surface area contributed by atoms with Crippen LogP contribution in [0.1, 0.15) is 12.5 Å². The molecule has 1 aliphatic rings. The van der Waals surface area contributed by atoms with Gasteiger partial charge in [0.05, 0.1) is 31.1 Å². The smallest absolute Gasteiger partial charge is 0.121 e. The summed E-state index contributed by atoms with van der Waals surface area (Å²) < 4.78 is 10.9. The number of rotatable bonds is 3. The molecule has 1 aromatic rings. The van der Waals surface area contributed by atoms with Crippen molar-refractivity contribution in [2.75, 3.05) is 31.7 Å². The van der Waals surface area contributed by atoms with Gasteiger partial charge in [-0.2, -0.15) is 5.26 Å². The highest BCUT2D eigenvalue weighted by Crippen LogP contribution is 2.27. The molecule has 0 bridgehead atoms. The average molecular weight is 261 g/mol. The Morgan fingerprint density at radius 2 is 2.37 bits per heavy atom. The van der Waals surface area contributed by atoms with Gasteiger partial charge in [-0.1, -0.05) is 0 Å². The molecule has 2 unspecified atom stereocenters. The Hall–Kier alpha value is -1.77. The normalized spacial score (nSPS) is 20.7. The molecule has 1 saturated heterocycles. The van der Waals surface area contributed by atoms with Gasteiger partial charge in [-0.25, -0.2) is 0 Å². The van der Waals surface area contributed by atoms with Crippen LogP contribution in [0.4, 0.5) is 5.69 Å². The van der Waals surface area contributed by atoms with E-state index < -0.39 is 0 Å². The molecule has 1 aromatic carbocycles. The van der Waals surface area contributed by atoms with Crippen LogP contribution in [0.25, 0.3) is 0 Å². The van der Waals surface area contributed by atoms with Crippen molar-refractivity contribution in [2.45, 2.75) is 19.1 Å². The highest BCUT2D eigenvalue weighted by atomic mass is 16.5. The van der Waals surface area contributed by atoms with Crippen LogP contribution in [-0.2, 0) is 4.74 Å². The van der Waals surface area contributed by atoms with E-state index in [9.17, 15) is 5.26 Å². The van der Waals surface area contributed by atoms with Crippen LogP contribution < -0.4 is 15.4 Å². The van der Waals surface area contributed by atoms with E-state index in [-0.39, 0.29) is 12.1 Å². The first-order chi connectivity index (χ1) is 9.15. The summed E-state index contributed by atoms with van der Waals surface area (Å²) in [6.07, 6.45) is -0.00788. The van der Waals surface area contributed by atoms with Crippen molar-refractivity contribution >= 4 is 5.69 Å². The molecular formula is C14H19N3O2. The molecule has 0 radical (unpaired) electrons. The summed E-state index contributed by atoms with van der Waals surface area (Å²) in [5.74, 6) is 0.748. The fourth-order valence-electron chi connectivity index (χ4n) is 2.21. The Morgan fingerprint density at radius 1 is 1.58 bits per heavy atom. The van der Waals surface area contributed by atoms with Crippen molar-refractivity contribution in [3.8, 4) is 11.8 Å². The molecule has 19 heavy (non-hydrogen) atoms. The zero-order valence-electron chi connectivity index (χ0n) is 11.3. The van der Waals surface area contributed by atoms with E-state index in [1.165, 1.54) is 0 Å². The molecule has 102 valence electrons.